The maximum atomic E-state index is 13.8. The number of thiophene rings is 1. The van der Waals surface area contributed by atoms with Crippen LogP contribution in [0.25, 0.3) is 0 Å². The Morgan fingerprint density at radius 3 is 2.25 bits per heavy atom. The van der Waals surface area contributed by atoms with E-state index >= 15 is 0 Å². The third-order valence-corrected chi connectivity index (χ3v) is 4.48. The molecule has 3 heteroatoms. The third kappa shape index (κ3) is 3.10. The molecule has 0 saturated carbocycles. The molecule has 1 nitrogen and oxygen atoms in total. The Bertz CT molecular complexity index is 565. The van der Waals surface area contributed by atoms with Crippen LogP contribution in [0.4, 0.5) is 4.39 Å². The molecule has 2 aromatic rings. The van der Waals surface area contributed by atoms with E-state index in [1.165, 1.54) is 11.1 Å². The van der Waals surface area contributed by atoms with Gasteiger partial charge in [0.2, 0.25) is 0 Å². The summed E-state index contributed by atoms with van der Waals surface area (Å²) >= 11 is 1.72. The predicted octanol–water partition coefficient (Wildman–Crippen LogP) is 4.90. The number of halogens is 1. The first-order chi connectivity index (χ1) is 9.54. The van der Waals surface area contributed by atoms with Gasteiger partial charge in [-0.05, 0) is 72.3 Å². The highest BCUT2D eigenvalue weighted by molar-refractivity contribution is 7.08. The van der Waals surface area contributed by atoms with Gasteiger partial charge in [-0.2, -0.15) is 11.3 Å². The van der Waals surface area contributed by atoms with Crippen LogP contribution in [0.2, 0.25) is 0 Å². The Labute approximate surface area is 124 Å². The number of hydrogen-bond donors (Lipinski definition) is 1. The molecule has 1 aromatic carbocycles. The van der Waals surface area contributed by atoms with Crippen LogP contribution < -0.4 is 5.32 Å². The van der Waals surface area contributed by atoms with Gasteiger partial charge in [0, 0.05) is 0 Å². The van der Waals surface area contributed by atoms with E-state index in [9.17, 15) is 4.39 Å². The molecule has 0 fully saturated rings. The van der Waals surface area contributed by atoms with Crippen molar-refractivity contribution in [3.8, 4) is 0 Å². The van der Waals surface area contributed by atoms with E-state index in [1.807, 2.05) is 26.0 Å². The summed E-state index contributed by atoms with van der Waals surface area (Å²) in [6.07, 6.45) is 1.08. The normalized spacial score (nSPS) is 12.7. The Balaban J connectivity index is 2.44. The van der Waals surface area contributed by atoms with Crippen LogP contribution in [0.1, 0.15) is 47.2 Å². The van der Waals surface area contributed by atoms with Gasteiger partial charge < -0.3 is 5.32 Å². The minimum atomic E-state index is -0.0926. The van der Waals surface area contributed by atoms with Crippen molar-refractivity contribution in [2.75, 3.05) is 6.54 Å². The number of aryl methyl sites for hydroxylation is 3. The molecule has 0 spiro atoms. The summed E-state index contributed by atoms with van der Waals surface area (Å²) in [6.45, 7) is 8.92. The monoisotopic (exact) mass is 291 g/mol. The van der Waals surface area contributed by atoms with Gasteiger partial charge in [-0.3, -0.25) is 0 Å². The van der Waals surface area contributed by atoms with Gasteiger partial charge >= 0.3 is 0 Å². The fourth-order valence-corrected chi connectivity index (χ4v) is 3.39. The van der Waals surface area contributed by atoms with Crippen molar-refractivity contribution in [1.29, 1.82) is 0 Å². The molecule has 1 N–H and O–H groups in total. The zero-order valence-corrected chi connectivity index (χ0v) is 13.4. The molecule has 0 aliphatic heterocycles. The first-order valence-corrected chi connectivity index (χ1v) is 8.01. The molecule has 0 radical (unpaired) electrons. The van der Waals surface area contributed by atoms with Crippen LogP contribution in [-0.4, -0.2) is 6.54 Å². The van der Waals surface area contributed by atoms with E-state index in [0.29, 0.717) is 0 Å². The van der Waals surface area contributed by atoms with Gasteiger partial charge in [-0.1, -0.05) is 19.1 Å². The van der Waals surface area contributed by atoms with Crippen LogP contribution in [-0.2, 0) is 0 Å². The highest BCUT2D eigenvalue weighted by Gasteiger charge is 2.18. The molecule has 0 saturated heterocycles. The summed E-state index contributed by atoms with van der Waals surface area (Å²) in [7, 11) is 0. The largest absolute Gasteiger partial charge is 0.306 e. The molecule has 1 heterocycles. The molecule has 0 aliphatic rings. The maximum absolute atomic E-state index is 13.8. The van der Waals surface area contributed by atoms with E-state index in [2.05, 4.69) is 29.9 Å². The Kier molecular flexibility index (Phi) is 4.95. The van der Waals surface area contributed by atoms with Crippen LogP contribution in [0.15, 0.2) is 22.9 Å². The van der Waals surface area contributed by atoms with Crippen molar-refractivity contribution in [1.82, 2.24) is 5.32 Å². The molecule has 1 unspecified atom stereocenters. The highest BCUT2D eigenvalue weighted by Crippen LogP contribution is 2.29. The molecule has 0 amide bonds. The SMILES string of the molecule is CCCNC(c1cc(C)c(F)c(C)c1)c1cscc1C. The molecule has 0 aliphatic carbocycles. The number of benzene rings is 1. The second kappa shape index (κ2) is 6.51. The molecule has 2 rings (SSSR count). The second-order valence-electron chi connectivity index (χ2n) is 5.37. The first-order valence-electron chi connectivity index (χ1n) is 7.07. The molecular weight excluding hydrogens is 269 g/mol. The lowest BCUT2D eigenvalue weighted by atomic mass is 9.95. The second-order valence-corrected chi connectivity index (χ2v) is 6.11. The molecular formula is C17H22FNS. The summed E-state index contributed by atoms with van der Waals surface area (Å²) in [6, 6.07) is 4.08. The van der Waals surface area contributed by atoms with Crippen LogP contribution >= 0.6 is 11.3 Å². The number of hydrogen-bond acceptors (Lipinski definition) is 2. The van der Waals surface area contributed by atoms with Gasteiger partial charge in [0.15, 0.2) is 0 Å². The maximum Gasteiger partial charge on any atom is 0.129 e. The summed E-state index contributed by atoms with van der Waals surface area (Å²) < 4.78 is 13.8. The van der Waals surface area contributed by atoms with Crippen molar-refractivity contribution in [3.05, 3.63) is 56.5 Å². The van der Waals surface area contributed by atoms with Crippen molar-refractivity contribution >= 4 is 11.3 Å². The summed E-state index contributed by atoms with van der Waals surface area (Å²) in [5.41, 5.74) is 5.18. The van der Waals surface area contributed by atoms with Crippen molar-refractivity contribution in [2.24, 2.45) is 0 Å². The molecule has 0 bridgehead atoms. The topological polar surface area (TPSA) is 12.0 Å². The van der Waals surface area contributed by atoms with E-state index in [1.54, 1.807) is 11.3 Å². The average molecular weight is 291 g/mol. The fraction of sp³-hybridized carbons (Fsp3) is 0.412. The predicted molar refractivity (Wildman–Crippen MR) is 85.1 cm³/mol. The molecule has 20 heavy (non-hydrogen) atoms. The van der Waals surface area contributed by atoms with Crippen molar-refractivity contribution in [2.45, 2.75) is 40.2 Å². The highest BCUT2D eigenvalue weighted by atomic mass is 32.1. The summed E-state index contributed by atoms with van der Waals surface area (Å²) in [5.74, 6) is -0.0926. The zero-order valence-electron chi connectivity index (χ0n) is 12.6. The van der Waals surface area contributed by atoms with E-state index < -0.39 is 0 Å². The van der Waals surface area contributed by atoms with E-state index in [-0.39, 0.29) is 11.9 Å². The Hall–Kier alpha value is -1.19. The lowest BCUT2D eigenvalue weighted by Crippen LogP contribution is -2.23. The van der Waals surface area contributed by atoms with Crippen LogP contribution in [0.5, 0.6) is 0 Å². The molecule has 108 valence electrons. The zero-order chi connectivity index (χ0) is 14.7. The van der Waals surface area contributed by atoms with E-state index in [0.717, 1.165) is 29.7 Å². The van der Waals surface area contributed by atoms with Crippen LogP contribution in [0.3, 0.4) is 0 Å². The minimum Gasteiger partial charge on any atom is -0.306 e. The number of rotatable bonds is 5. The Morgan fingerprint density at radius 1 is 1.10 bits per heavy atom. The average Bonchev–Trinajstić information content (AvgIpc) is 2.83. The van der Waals surface area contributed by atoms with Crippen molar-refractivity contribution < 1.29 is 4.39 Å². The van der Waals surface area contributed by atoms with Gasteiger partial charge in [0.25, 0.3) is 0 Å². The lowest BCUT2D eigenvalue weighted by molar-refractivity contribution is 0.585. The van der Waals surface area contributed by atoms with Crippen LogP contribution in [0, 0.1) is 26.6 Å². The van der Waals surface area contributed by atoms with Crippen molar-refractivity contribution in [3.63, 3.8) is 0 Å². The van der Waals surface area contributed by atoms with Gasteiger partial charge in [0.05, 0.1) is 6.04 Å². The first kappa shape index (κ1) is 15.2. The quantitative estimate of drug-likeness (QED) is 0.826. The smallest absolute Gasteiger partial charge is 0.129 e. The summed E-state index contributed by atoms with van der Waals surface area (Å²) in [5, 5.41) is 7.94. The third-order valence-electron chi connectivity index (χ3n) is 3.60. The van der Waals surface area contributed by atoms with Gasteiger partial charge in [-0.15, -0.1) is 0 Å². The lowest BCUT2D eigenvalue weighted by Gasteiger charge is -2.21. The minimum absolute atomic E-state index is 0.0926. The molecule has 1 aromatic heterocycles. The standard InChI is InChI=1S/C17H22FNS/c1-5-6-19-17(15-10-20-9-13(15)4)14-7-11(2)16(18)12(3)8-14/h7-10,17,19H,5-6H2,1-4H3. The van der Waals surface area contributed by atoms with Gasteiger partial charge in [0.1, 0.15) is 5.82 Å². The Morgan fingerprint density at radius 2 is 1.75 bits per heavy atom. The fourth-order valence-electron chi connectivity index (χ4n) is 2.51. The number of nitrogens with one attached hydrogen (secondary N) is 1. The summed E-state index contributed by atoms with van der Waals surface area (Å²) in [4.78, 5) is 0. The van der Waals surface area contributed by atoms with E-state index in [4.69, 9.17) is 0 Å². The van der Waals surface area contributed by atoms with Gasteiger partial charge in [-0.25, -0.2) is 4.39 Å². The molecule has 1 atom stereocenters.